The smallest absolute Gasteiger partial charge is 0.328 e. The van der Waals surface area contributed by atoms with Gasteiger partial charge in [0, 0.05) is 10.9 Å². The number of benzene rings is 2. The molecule has 0 bridgehead atoms. The van der Waals surface area contributed by atoms with Gasteiger partial charge in [0.25, 0.3) is 0 Å². The molecule has 0 aliphatic heterocycles. The average molecular weight is 380 g/mol. The zero-order chi connectivity index (χ0) is 18.2. The van der Waals surface area contributed by atoms with Crippen LogP contribution in [0.4, 0.5) is 0 Å². The fourth-order valence-corrected chi connectivity index (χ4v) is 5.56. The lowest BCUT2D eigenvalue weighted by Gasteiger charge is -2.11. The highest BCUT2D eigenvalue weighted by atomic mass is 35.5. The van der Waals surface area contributed by atoms with Crippen molar-refractivity contribution in [2.24, 2.45) is 5.73 Å². The van der Waals surface area contributed by atoms with Gasteiger partial charge in [0.1, 0.15) is 10.8 Å². The van der Waals surface area contributed by atoms with Gasteiger partial charge in [-0.3, -0.25) is 0 Å². The number of hydrogen-bond donors (Lipinski definition) is 1. The number of halogens is 1. The van der Waals surface area contributed by atoms with Gasteiger partial charge in [-0.05, 0) is 36.8 Å². The van der Waals surface area contributed by atoms with Crippen molar-refractivity contribution >= 4 is 27.4 Å². The molecular formula is C18H18ClNO4S. The van der Waals surface area contributed by atoms with Crippen LogP contribution >= 0.6 is 11.6 Å². The fraction of sp³-hybridized carbons (Fsp3) is 0.278. The lowest BCUT2D eigenvalue weighted by Crippen LogP contribution is -2.41. The minimum Gasteiger partial charge on any atom is -0.465 e. The van der Waals surface area contributed by atoms with Gasteiger partial charge in [-0.25, -0.2) is 13.2 Å². The van der Waals surface area contributed by atoms with Crippen molar-refractivity contribution in [2.75, 3.05) is 6.61 Å². The summed E-state index contributed by atoms with van der Waals surface area (Å²) in [5.74, 6) is -1.39. The van der Waals surface area contributed by atoms with Crippen molar-refractivity contribution in [2.45, 2.75) is 28.5 Å². The molecule has 0 aromatic heterocycles. The third-order valence-corrected chi connectivity index (χ3v) is 6.96. The van der Waals surface area contributed by atoms with Crippen LogP contribution in [0.2, 0.25) is 5.02 Å². The number of esters is 1. The van der Waals surface area contributed by atoms with Gasteiger partial charge in [0.05, 0.1) is 11.5 Å². The van der Waals surface area contributed by atoms with E-state index in [4.69, 9.17) is 22.1 Å². The zero-order valence-corrected chi connectivity index (χ0v) is 15.1. The molecule has 3 rings (SSSR count). The minimum absolute atomic E-state index is 0.128. The highest BCUT2D eigenvalue weighted by molar-refractivity contribution is 7.92. The van der Waals surface area contributed by atoms with E-state index >= 15 is 0 Å². The summed E-state index contributed by atoms with van der Waals surface area (Å²) in [5.41, 5.74) is 5.30. The maximum Gasteiger partial charge on any atom is 0.328 e. The van der Waals surface area contributed by atoms with Crippen LogP contribution < -0.4 is 5.73 Å². The number of ether oxygens (including phenoxy) is 1. The molecule has 3 atom stereocenters. The molecule has 1 saturated carbocycles. The van der Waals surface area contributed by atoms with E-state index in [0.717, 1.165) is 0 Å². The minimum atomic E-state index is -3.80. The normalized spacial score (nSPS) is 25.4. The summed E-state index contributed by atoms with van der Waals surface area (Å²) in [7, 11) is -3.80. The second-order valence-electron chi connectivity index (χ2n) is 5.96. The second kappa shape index (κ2) is 6.44. The number of hydrogen-bond acceptors (Lipinski definition) is 5. The molecule has 2 aromatic carbocycles. The average Bonchev–Trinajstić information content (AvgIpc) is 3.25. The Labute approximate surface area is 151 Å². The number of rotatable bonds is 5. The summed E-state index contributed by atoms with van der Waals surface area (Å²) in [5, 5.41) is -0.562. The molecule has 0 radical (unpaired) electrons. The van der Waals surface area contributed by atoms with E-state index in [1.165, 1.54) is 12.1 Å². The number of carbonyl (C=O) groups is 1. The molecule has 0 amide bonds. The van der Waals surface area contributed by atoms with Gasteiger partial charge in [-0.15, -0.1) is 0 Å². The van der Waals surface area contributed by atoms with Crippen molar-refractivity contribution in [1.29, 1.82) is 0 Å². The predicted octanol–water partition coefficient (Wildman–Crippen LogP) is 2.54. The number of nitrogens with two attached hydrogens (primary N) is 1. The Morgan fingerprint density at radius 2 is 1.76 bits per heavy atom. The van der Waals surface area contributed by atoms with E-state index in [-0.39, 0.29) is 11.5 Å². The maximum atomic E-state index is 13.1. The quantitative estimate of drug-likeness (QED) is 0.807. The lowest BCUT2D eigenvalue weighted by molar-refractivity contribution is -0.145. The molecule has 5 nitrogen and oxygen atoms in total. The number of carbonyl (C=O) groups excluding carboxylic acids is 1. The first-order valence-electron chi connectivity index (χ1n) is 7.84. The lowest BCUT2D eigenvalue weighted by atomic mass is 10.1. The van der Waals surface area contributed by atoms with Crippen LogP contribution in [0.5, 0.6) is 0 Å². The van der Waals surface area contributed by atoms with Crippen molar-refractivity contribution < 1.29 is 17.9 Å². The van der Waals surface area contributed by atoms with Crippen molar-refractivity contribution in [3.8, 4) is 0 Å². The Bertz CT molecular complexity index is 883. The number of sulfone groups is 1. The van der Waals surface area contributed by atoms with Gasteiger partial charge in [0.2, 0.25) is 0 Å². The molecule has 1 aliphatic rings. The van der Waals surface area contributed by atoms with Crippen LogP contribution in [-0.2, 0) is 19.4 Å². The van der Waals surface area contributed by atoms with E-state index in [2.05, 4.69) is 0 Å². The zero-order valence-electron chi connectivity index (χ0n) is 13.6. The topological polar surface area (TPSA) is 86.5 Å². The molecule has 2 N–H and O–H groups in total. The largest absolute Gasteiger partial charge is 0.465 e. The van der Waals surface area contributed by atoms with Gasteiger partial charge in [0.15, 0.2) is 9.84 Å². The summed E-state index contributed by atoms with van der Waals surface area (Å²) >= 11 is 5.90. The second-order valence-corrected chi connectivity index (χ2v) is 8.47. The van der Waals surface area contributed by atoms with E-state index < -0.39 is 32.5 Å². The maximum absolute atomic E-state index is 13.1. The van der Waals surface area contributed by atoms with Gasteiger partial charge < -0.3 is 10.5 Å². The molecule has 0 heterocycles. The summed E-state index contributed by atoms with van der Waals surface area (Å²) in [6.45, 7) is 1.78. The van der Waals surface area contributed by atoms with E-state index in [9.17, 15) is 13.2 Å². The third-order valence-electron chi connectivity index (χ3n) is 4.44. The van der Waals surface area contributed by atoms with Crippen LogP contribution in [0.3, 0.4) is 0 Å². The molecule has 0 unspecified atom stereocenters. The van der Waals surface area contributed by atoms with E-state index in [1.807, 2.05) is 0 Å². The Balaban J connectivity index is 2.06. The van der Waals surface area contributed by atoms with Gasteiger partial charge in [-0.2, -0.15) is 0 Å². The van der Waals surface area contributed by atoms with Crippen LogP contribution in [-0.4, -0.2) is 31.8 Å². The summed E-state index contributed by atoms with van der Waals surface area (Å²) in [6.07, 6.45) is 0. The van der Waals surface area contributed by atoms with Crippen molar-refractivity contribution in [1.82, 2.24) is 0 Å². The first-order chi connectivity index (χ1) is 11.8. The molecule has 7 heteroatoms. The molecule has 25 heavy (non-hydrogen) atoms. The molecule has 132 valence electrons. The van der Waals surface area contributed by atoms with Crippen LogP contribution in [0.15, 0.2) is 59.5 Å². The predicted molar refractivity (Wildman–Crippen MR) is 95.2 cm³/mol. The molecule has 1 aliphatic carbocycles. The fourth-order valence-electron chi connectivity index (χ4n) is 3.19. The van der Waals surface area contributed by atoms with Crippen molar-refractivity contribution in [3.63, 3.8) is 0 Å². The molecule has 2 aromatic rings. The highest BCUT2D eigenvalue weighted by Gasteiger charge is 2.74. The Morgan fingerprint density at radius 1 is 1.16 bits per heavy atom. The summed E-state index contributed by atoms with van der Waals surface area (Å²) in [6, 6.07) is 14.7. The van der Waals surface area contributed by atoms with Crippen LogP contribution in [0.25, 0.3) is 0 Å². The molecule has 0 saturated heterocycles. The van der Waals surface area contributed by atoms with E-state index in [1.54, 1.807) is 49.4 Å². The Morgan fingerprint density at radius 3 is 2.32 bits per heavy atom. The van der Waals surface area contributed by atoms with Crippen LogP contribution in [0.1, 0.15) is 18.4 Å². The standard InChI is InChI=1S/C18H18ClNO4S/c1-2-24-17(21)18(20)15(12-8-10-13(19)11-9-12)16(18)25(22,23)14-6-4-3-5-7-14/h3-11,15-16H,2,20H2,1H3/t15-,16+,18-/m0/s1. The first-order valence-corrected chi connectivity index (χ1v) is 9.76. The Kier molecular flexibility index (Phi) is 4.62. The molecule has 1 fully saturated rings. The van der Waals surface area contributed by atoms with Crippen molar-refractivity contribution in [3.05, 3.63) is 65.2 Å². The molecule has 0 spiro atoms. The van der Waals surface area contributed by atoms with Crippen LogP contribution in [0, 0.1) is 0 Å². The summed E-state index contributed by atoms with van der Waals surface area (Å²) < 4.78 is 31.2. The van der Waals surface area contributed by atoms with Gasteiger partial charge >= 0.3 is 5.97 Å². The first kappa shape index (κ1) is 17.9. The SMILES string of the molecule is CCOC(=O)[C@@]1(N)[C@H](S(=O)(=O)c2ccccc2)[C@@H]1c1ccc(Cl)cc1. The summed E-state index contributed by atoms with van der Waals surface area (Å²) in [4.78, 5) is 12.6. The van der Waals surface area contributed by atoms with Gasteiger partial charge in [-0.1, -0.05) is 41.9 Å². The van der Waals surface area contributed by atoms with E-state index in [0.29, 0.717) is 10.6 Å². The monoisotopic (exact) mass is 379 g/mol. The molecular weight excluding hydrogens is 362 g/mol. The Hall–Kier alpha value is -1.89. The highest BCUT2D eigenvalue weighted by Crippen LogP contribution is 2.56. The third kappa shape index (κ3) is 2.94.